The van der Waals surface area contributed by atoms with Crippen molar-refractivity contribution in [2.75, 3.05) is 13.7 Å². The van der Waals surface area contributed by atoms with Gasteiger partial charge in [0.15, 0.2) is 6.61 Å². The molecule has 0 radical (unpaired) electrons. The van der Waals surface area contributed by atoms with Crippen LogP contribution in [-0.4, -0.2) is 42.0 Å². The molecule has 6 heteroatoms. The molecule has 162 valence electrons. The smallest absolute Gasteiger partial charge is 0.261 e. The third-order valence-electron chi connectivity index (χ3n) is 4.50. The van der Waals surface area contributed by atoms with Gasteiger partial charge in [-0.25, -0.2) is 0 Å². The Morgan fingerprint density at radius 1 is 1.00 bits per heavy atom. The number of methoxy groups -OCH3 is 1. The highest BCUT2D eigenvalue weighted by Gasteiger charge is 2.30. The Morgan fingerprint density at radius 3 is 2.13 bits per heavy atom. The topological polar surface area (TPSA) is 67.9 Å². The van der Waals surface area contributed by atoms with Crippen LogP contribution in [0.15, 0.2) is 54.6 Å². The summed E-state index contributed by atoms with van der Waals surface area (Å²) < 4.78 is 10.8. The molecule has 30 heavy (non-hydrogen) atoms. The predicted molar refractivity (Wildman–Crippen MR) is 117 cm³/mol. The summed E-state index contributed by atoms with van der Waals surface area (Å²) in [4.78, 5) is 27.6. The Morgan fingerprint density at radius 2 is 1.60 bits per heavy atom. The lowest BCUT2D eigenvalue weighted by Crippen LogP contribution is -2.54. The second-order valence-corrected chi connectivity index (χ2v) is 8.13. The van der Waals surface area contributed by atoms with E-state index in [9.17, 15) is 9.59 Å². The molecule has 0 bridgehead atoms. The molecule has 2 rings (SSSR count). The Bertz CT molecular complexity index is 813. The first-order valence-electron chi connectivity index (χ1n) is 10.2. The molecule has 1 N–H and O–H groups in total. The molecule has 0 aliphatic heterocycles. The fourth-order valence-electron chi connectivity index (χ4n) is 3.05. The average Bonchev–Trinajstić information content (AvgIpc) is 2.71. The fourth-order valence-corrected chi connectivity index (χ4v) is 3.05. The number of hydrogen-bond acceptors (Lipinski definition) is 4. The van der Waals surface area contributed by atoms with Crippen molar-refractivity contribution in [2.45, 2.75) is 52.2 Å². The van der Waals surface area contributed by atoms with Gasteiger partial charge in [-0.2, -0.15) is 0 Å². The molecular formula is C24H32N2O4. The van der Waals surface area contributed by atoms with Gasteiger partial charge < -0.3 is 19.7 Å². The van der Waals surface area contributed by atoms with Crippen LogP contribution in [0.4, 0.5) is 0 Å². The van der Waals surface area contributed by atoms with Crippen LogP contribution in [0.2, 0.25) is 0 Å². The summed E-state index contributed by atoms with van der Waals surface area (Å²) in [6, 6.07) is 16.1. The van der Waals surface area contributed by atoms with Gasteiger partial charge in [-0.15, -0.1) is 0 Å². The number of ether oxygens (including phenoxy) is 2. The van der Waals surface area contributed by atoms with E-state index in [1.165, 1.54) is 0 Å². The molecule has 1 atom stereocenters. The zero-order valence-electron chi connectivity index (χ0n) is 18.5. The van der Waals surface area contributed by atoms with Gasteiger partial charge in [0.2, 0.25) is 5.91 Å². The first-order valence-corrected chi connectivity index (χ1v) is 10.2. The van der Waals surface area contributed by atoms with Crippen molar-refractivity contribution in [3.63, 3.8) is 0 Å². The Labute approximate surface area is 179 Å². The van der Waals surface area contributed by atoms with Gasteiger partial charge in [0.05, 0.1) is 7.11 Å². The monoisotopic (exact) mass is 412 g/mol. The molecule has 2 aromatic rings. The number of nitrogens with zero attached hydrogens (tertiary/aromatic N) is 1. The molecule has 0 heterocycles. The Kier molecular flexibility index (Phi) is 8.27. The number of rotatable bonds is 9. The van der Waals surface area contributed by atoms with Crippen molar-refractivity contribution >= 4 is 11.8 Å². The van der Waals surface area contributed by atoms with E-state index >= 15 is 0 Å². The van der Waals surface area contributed by atoms with Crippen LogP contribution in [0.3, 0.4) is 0 Å². The van der Waals surface area contributed by atoms with Crippen LogP contribution in [0.25, 0.3) is 0 Å². The summed E-state index contributed by atoms with van der Waals surface area (Å²) in [6.45, 7) is 7.86. The maximum atomic E-state index is 13.1. The van der Waals surface area contributed by atoms with Crippen LogP contribution in [0.1, 0.15) is 39.7 Å². The maximum Gasteiger partial charge on any atom is 0.261 e. The summed E-state index contributed by atoms with van der Waals surface area (Å²) in [5.41, 5.74) is 0.572. The van der Waals surface area contributed by atoms with E-state index in [2.05, 4.69) is 5.32 Å². The molecule has 0 saturated carbocycles. The lowest BCUT2D eigenvalue weighted by molar-refractivity contribution is -0.143. The van der Waals surface area contributed by atoms with Crippen molar-refractivity contribution in [2.24, 2.45) is 0 Å². The molecule has 0 fully saturated rings. The van der Waals surface area contributed by atoms with Crippen LogP contribution in [0.5, 0.6) is 11.5 Å². The van der Waals surface area contributed by atoms with Crippen LogP contribution >= 0.6 is 0 Å². The molecule has 0 spiro atoms. The molecule has 0 aromatic heterocycles. The van der Waals surface area contributed by atoms with Crippen molar-refractivity contribution in [1.82, 2.24) is 10.2 Å². The van der Waals surface area contributed by atoms with E-state index in [1.54, 1.807) is 36.3 Å². The molecular weight excluding hydrogens is 380 g/mol. The van der Waals surface area contributed by atoms with Gasteiger partial charge in [-0.1, -0.05) is 37.3 Å². The van der Waals surface area contributed by atoms with Gasteiger partial charge in [0.1, 0.15) is 17.5 Å². The van der Waals surface area contributed by atoms with E-state index in [-0.39, 0.29) is 24.0 Å². The van der Waals surface area contributed by atoms with Crippen LogP contribution in [-0.2, 0) is 16.1 Å². The lowest BCUT2D eigenvalue weighted by Gasteiger charge is -2.33. The van der Waals surface area contributed by atoms with Gasteiger partial charge >= 0.3 is 0 Å². The molecule has 0 aliphatic rings. The van der Waals surface area contributed by atoms with Gasteiger partial charge in [-0.05, 0) is 57.0 Å². The van der Waals surface area contributed by atoms with Crippen molar-refractivity contribution in [3.05, 3.63) is 60.2 Å². The normalized spacial score (nSPS) is 12.0. The third-order valence-corrected chi connectivity index (χ3v) is 4.50. The maximum absolute atomic E-state index is 13.1. The number of benzene rings is 2. The highest BCUT2D eigenvalue weighted by atomic mass is 16.5. The highest BCUT2D eigenvalue weighted by Crippen LogP contribution is 2.18. The predicted octanol–water partition coefficient (Wildman–Crippen LogP) is 3.80. The van der Waals surface area contributed by atoms with Crippen molar-refractivity contribution in [3.8, 4) is 11.5 Å². The largest absolute Gasteiger partial charge is 0.497 e. The number of amides is 2. The molecule has 0 aliphatic carbocycles. The minimum absolute atomic E-state index is 0.154. The van der Waals surface area contributed by atoms with Crippen molar-refractivity contribution < 1.29 is 19.1 Å². The summed E-state index contributed by atoms with van der Waals surface area (Å²) >= 11 is 0. The van der Waals surface area contributed by atoms with Crippen molar-refractivity contribution in [1.29, 1.82) is 0 Å². The number of carbonyl (C=O) groups excluding carboxylic acids is 2. The van der Waals surface area contributed by atoms with Gasteiger partial charge in [0, 0.05) is 12.1 Å². The SMILES string of the molecule is CCC(C(=O)NC(C)(C)C)N(Cc1ccccc1)C(=O)COc1ccc(OC)cc1. The van der Waals surface area contributed by atoms with E-state index in [0.29, 0.717) is 24.5 Å². The second-order valence-electron chi connectivity index (χ2n) is 8.13. The Balaban J connectivity index is 2.17. The van der Waals surface area contributed by atoms with E-state index in [0.717, 1.165) is 5.56 Å². The quantitative estimate of drug-likeness (QED) is 0.680. The summed E-state index contributed by atoms with van der Waals surface area (Å²) in [5.74, 6) is 0.865. The first-order chi connectivity index (χ1) is 14.2. The minimum atomic E-state index is -0.587. The van der Waals surface area contributed by atoms with Crippen LogP contribution < -0.4 is 14.8 Å². The zero-order valence-corrected chi connectivity index (χ0v) is 18.5. The molecule has 1 unspecified atom stereocenters. The minimum Gasteiger partial charge on any atom is -0.497 e. The van der Waals surface area contributed by atoms with E-state index in [1.807, 2.05) is 58.0 Å². The molecule has 2 aromatic carbocycles. The zero-order chi connectivity index (χ0) is 22.1. The number of nitrogens with one attached hydrogen (secondary N) is 1. The highest BCUT2D eigenvalue weighted by molar-refractivity contribution is 5.88. The summed E-state index contributed by atoms with van der Waals surface area (Å²) in [5, 5.41) is 2.99. The molecule has 2 amide bonds. The second kappa shape index (κ2) is 10.7. The third kappa shape index (κ3) is 7.10. The van der Waals surface area contributed by atoms with Crippen LogP contribution in [0, 0.1) is 0 Å². The number of carbonyl (C=O) groups is 2. The fraction of sp³-hybridized carbons (Fsp3) is 0.417. The Hall–Kier alpha value is -3.02. The molecule has 0 saturated heterocycles. The summed E-state index contributed by atoms with van der Waals surface area (Å²) in [7, 11) is 1.59. The lowest BCUT2D eigenvalue weighted by atomic mass is 10.1. The average molecular weight is 413 g/mol. The van der Waals surface area contributed by atoms with Gasteiger partial charge in [0.25, 0.3) is 5.91 Å². The van der Waals surface area contributed by atoms with E-state index in [4.69, 9.17) is 9.47 Å². The first kappa shape index (κ1) is 23.3. The summed E-state index contributed by atoms with van der Waals surface area (Å²) in [6.07, 6.45) is 0.503. The van der Waals surface area contributed by atoms with E-state index < -0.39 is 6.04 Å². The van der Waals surface area contributed by atoms with Gasteiger partial charge in [-0.3, -0.25) is 9.59 Å². The number of hydrogen-bond donors (Lipinski definition) is 1. The standard InChI is InChI=1S/C24H32N2O4/c1-6-21(23(28)25-24(2,3)4)26(16-18-10-8-7-9-11-18)22(27)17-30-20-14-12-19(29-5)13-15-20/h7-15,21H,6,16-17H2,1-5H3,(H,25,28). The molecule has 6 nitrogen and oxygen atoms in total.